The molecule has 2 aliphatic rings. The quantitative estimate of drug-likeness (QED) is 0.765. The van der Waals surface area contributed by atoms with Gasteiger partial charge in [0.05, 0.1) is 5.54 Å². The number of halogens is 1. The summed E-state index contributed by atoms with van der Waals surface area (Å²) < 4.78 is 0. The predicted octanol–water partition coefficient (Wildman–Crippen LogP) is 2.62. The van der Waals surface area contributed by atoms with E-state index in [0.717, 1.165) is 24.3 Å². The van der Waals surface area contributed by atoms with Gasteiger partial charge in [-0.2, -0.15) is 0 Å². The third-order valence-corrected chi connectivity index (χ3v) is 4.34. The van der Waals surface area contributed by atoms with Gasteiger partial charge in [0.1, 0.15) is 0 Å². The molecule has 0 heterocycles. The Morgan fingerprint density at radius 2 is 2.29 bits per heavy atom. The molecular weight excluding hydrogens is 234 g/mol. The molecule has 0 saturated heterocycles. The molecule has 2 nitrogen and oxygen atoms in total. The van der Waals surface area contributed by atoms with Gasteiger partial charge in [0.25, 0.3) is 0 Å². The van der Waals surface area contributed by atoms with Crippen LogP contribution in [0.25, 0.3) is 0 Å². The van der Waals surface area contributed by atoms with Crippen LogP contribution in [0.5, 0.6) is 0 Å². The molecule has 1 saturated carbocycles. The molecule has 2 atom stereocenters. The molecule has 0 aromatic heterocycles. The smallest absolute Gasteiger partial charge is 0.153 e. The lowest BCUT2D eigenvalue weighted by molar-refractivity contribution is -0.129. The van der Waals surface area contributed by atoms with Crippen molar-refractivity contribution in [2.24, 2.45) is 5.92 Å². The van der Waals surface area contributed by atoms with Crippen molar-refractivity contribution in [1.29, 1.82) is 0 Å². The maximum atomic E-state index is 12.3. The van der Waals surface area contributed by atoms with E-state index in [4.69, 9.17) is 11.6 Å². The highest BCUT2D eigenvalue weighted by Crippen LogP contribution is 2.39. The SMILES string of the molecule is CNC1(C2CC#CCC=C2Cl)CCCCC1=O. The number of ketones is 1. The van der Waals surface area contributed by atoms with Crippen molar-refractivity contribution in [2.45, 2.75) is 44.1 Å². The molecule has 0 aliphatic heterocycles. The van der Waals surface area contributed by atoms with E-state index >= 15 is 0 Å². The number of rotatable bonds is 2. The van der Waals surface area contributed by atoms with Crippen molar-refractivity contribution in [3.63, 3.8) is 0 Å². The highest BCUT2D eigenvalue weighted by atomic mass is 35.5. The van der Waals surface area contributed by atoms with Crippen molar-refractivity contribution >= 4 is 17.4 Å². The Bertz CT molecular complexity index is 404. The predicted molar refractivity (Wildman–Crippen MR) is 69.7 cm³/mol. The molecule has 17 heavy (non-hydrogen) atoms. The fraction of sp³-hybridized carbons (Fsp3) is 0.643. The lowest BCUT2D eigenvalue weighted by atomic mass is 9.70. The lowest BCUT2D eigenvalue weighted by Gasteiger charge is -2.41. The van der Waals surface area contributed by atoms with Crippen molar-refractivity contribution in [2.75, 3.05) is 7.05 Å². The maximum absolute atomic E-state index is 12.3. The van der Waals surface area contributed by atoms with E-state index < -0.39 is 5.54 Å². The molecule has 3 heteroatoms. The van der Waals surface area contributed by atoms with Gasteiger partial charge < -0.3 is 5.32 Å². The molecule has 2 rings (SSSR count). The minimum absolute atomic E-state index is 0.0250. The highest BCUT2D eigenvalue weighted by molar-refractivity contribution is 6.30. The Kier molecular flexibility index (Phi) is 3.91. The van der Waals surface area contributed by atoms with E-state index in [-0.39, 0.29) is 5.92 Å². The summed E-state index contributed by atoms with van der Waals surface area (Å²) in [6.45, 7) is 0. The fourth-order valence-electron chi connectivity index (χ4n) is 2.90. The van der Waals surface area contributed by atoms with Crippen LogP contribution in [0.1, 0.15) is 38.5 Å². The Hall–Kier alpha value is -0.780. The van der Waals surface area contributed by atoms with E-state index in [0.29, 0.717) is 25.0 Å². The van der Waals surface area contributed by atoms with Crippen molar-refractivity contribution in [3.05, 3.63) is 11.1 Å². The average Bonchev–Trinajstić information content (AvgIpc) is 2.56. The zero-order chi connectivity index (χ0) is 12.3. The van der Waals surface area contributed by atoms with Crippen LogP contribution in [-0.2, 0) is 4.79 Å². The zero-order valence-electron chi connectivity index (χ0n) is 10.2. The largest absolute Gasteiger partial charge is 0.307 e. The molecule has 92 valence electrons. The number of carbonyl (C=O) groups excluding carboxylic acids is 1. The van der Waals surface area contributed by atoms with Crippen molar-refractivity contribution in [3.8, 4) is 11.8 Å². The van der Waals surface area contributed by atoms with E-state index in [1.54, 1.807) is 0 Å². The molecule has 1 N–H and O–H groups in total. The van der Waals surface area contributed by atoms with Gasteiger partial charge in [-0.05, 0) is 19.9 Å². The number of nitrogens with one attached hydrogen (secondary N) is 1. The zero-order valence-corrected chi connectivity index (χ0v) is 10.9. The first-order valence-electron chi connectivity index (χ1n) is 6.24. The standard InChI is InChI=1S/C14H18ClNO/c1-16-14(10-6-5-9-13(14)17)11-7-3-2-4-8-12(11)15/h8,11,16H,4-7,9-10H2,1H3. The normalized spacial score (nSPS) is 33.4. The second-order valence-electron chi connectivity index (χ2n) is 4.76. The van der Waals surface area contributed by atoms with Crippen LogP contribution in [-0.4, -0.2) is 18.4 Å². The number of Topliss-reactive ketones (excluding diaryl/α,β-unsaturated/α-hetero) is 1. The lowest BCUT2D eigenvalue weighted by Crippen LogP contribution is -2.57. The third kappa shape index (κ3) is 2.27. The third-order valence-electron chi connectivity index (χ3n) is 3.93. The van der Waals surface area contributed by atoms with Crippen LogP contribution in [0.4, 0.5) is 0 Å². The van der Waals surface area contributed by atoms with Crippen LogP contribution >= 0.6 is 11.6 Å². The van der Waals surface area contributed by atoms with Gasteiger partial charge in [0.2, 0.25) is 0 Å². The maximum Gasteiger partial charge on any atom is 0.153 e. The Morgan fingerprint density at radius 1 is 1.47 bits per heavy atom. The summed E-state index contributed by atoms with van der Waals surface area (Å²) in [6, 6.07) is 0. The first-order valence-corrected chi connectivity index (χ1v) is 6.62. The monoisotopic (exact) mass is 251 g/mol. The van der Waals surface area contributed by atoms with Crippen molar-refractivity contribution in [1.82, 2.24) is 5.32 Å². The van der Waals surface area contributed by atoms with Crippen LogP contribution in [0, 0.1) is 17.8 Å². The Morgan fingerprint density at radius 3 is 3.00 bits per heavy atom. The fourth-order valence-corrected chi connectivity index (χ4v) is 3.24. The highest BCUT2D eigenvalue weighted by Gasteiger charge is 2.46. The van der Waals surface area contributed by atoms with Gasteiger partial charge in [-0.25, -0.2) is 0 Å². The van der Waals surface area contributed by atoms with Crippen LogP contribution in [0.2, 0.25) is 0 Å². The topological polar surface area (TPSA) is 29.1 Å². The van der Waals surface area contributed by atoms with Gasteiger partial charge in [-0.15, -0.1) is 5.92 Å². The summed E-state index contributed by atoms with van der Waals surface area (Å²) in [4.78, 5) is 12.3. The van der Waals surface area contributed by atoms with Gasteiger partial charge in [-0.1, -0.05) is 30.0 Å². The number of allylic oxidation sites excluding steroid dienone is 1. The molecule has 0 spiro atoms. The first-order chi connectivity index (χ1) is 8.20. The van der Waals surface area contributed by atoms with Gasteiger partial charge in [-0.3, -0.25) is 4.79 Å². The number of carbonyl (C=O) groups is 1. The van der Waals surface area contributed by atoms with Crippen LogP contribution in [0.3, 0.4) is 0 Å². The minimum Gasteiger partial charge on any atom is -0.307 e. The van der Waals surface area contributed by atoms with Crippen LogP contribution < -0.4 is 5.32 Å². The minimum atomic E-state index is -0.481. The van der Waals surface area contributed by atoms with E-state index in [1.165, 1.54) is 0 Å². The van der Waals surface area contributed by atoms with E-state index in [2.05, 4.69) is 17.2 Å². The summed E-state index contributed by atoms with van der Waals surface area (Å²) >= 11 is 6.34. The molecule has 0 bridgehead atoms. The molecule has 0 aromatic carbocycles. The molecule has 2 unspecified atom stereocenters. The Balaban J connectivity index is 2.34. The second-order valence-corrected chi connectivity index (χ2v) is 5.19. The summed E-state index contributed by atoms with van der Waals surface area (Å²) in [5, 5.41) is 4.04. The number of hydrogen-bond donors (Lipinski definition) is 1. The summed E-state index contributed by atoms with van der Waals surface area (Å²) in [5.74, 6) is 6.50. The Labute approximate surface area is 108 Å². The molecule has 0 amide bonds. The summed E-state index contributed by atoms with van der Waals surface area (Å²) in [5.41, 5.74) is -0.481. The number of hydrogen-bond acceptors (Lipinski definition) is 2. The second kappa shape index (κ2) is 5.25. The molecule has 1 fully saturated rings. The first kappa shape index (κ1) is 12.7. The average molecular weight is 252 g/mol. The van der Waals surface area contributed by atoms with Gasteiger partial charge in [0.15, 0.2) is 5.78 Å². The van der Waals surface area contributed by atoms with E-state index in [1.807, 2.05) is 13.1 Å². The van der Waals surface area contributed by atoms with E-state index in [9.17, 15) is 4.79 Å². The van der Waals surface area contributed by atoms with Crippen LogP contribution in [0.15, 0.2) is 11.1 Å². The molecular formula is C14H18ClNO. The molecule has 0 radical (unpaired) electrons. The van der Waals surface area contributed by atoms with Gasteiger partial charge >= 0.3 is 0 Å². The number of likely N-dealkylation sites (N-methyl/N-ethyl adjacent to an activating group) is 1. The summed E-state index contributed by atoms with van der Waals surface area (Å²) in [7, 11) is 1.87. The summed E-state index contributed by atoms with van der Waals surface area (Å²) in [6.07, 6.45) is 6.95. The molecule has 2 aliphatic carbocycles. The van der Waals surface area contributed by atoms with Crippen molar-refractivity contribution < 1.29 is 4.79 Å². The van der Waals surface area contributed by atoms with Gasteiger partial charge in [0, 0.05) is 30.2 Å². The molecule has 0 aromatic rings.